The van der Waals surface area contributed by atoms with Crippen molar-refractivity contribution in [1.82, 2.24) is 10.2 Å². The van der Waals surface area contributed by atoms with Crippen LogP contribution < -0.4 is 21.3 Å². The van der Waals surface area contributed by atoms with E-state index in [0.717, 1.165) is 37.8 Å². The Kier molecular flexibility index (Phi) is 8.43. The largest absolute Gasteiger partial charge is 0.453 e. The van der Waals surface area contributed by atoms with Gasteiger partial charge in [0, 0.05) is 49.4 Å². The van der Waals surface area contributed by atoms with Crippen molar-refractivity contribution in [3.05, 3.63) is 59.7 Å². The number of ether oxygens (including phenoxy) is 1. The van der Waals surface area contributed by atoms with Crippen LogP contribution in [-0.2, 0) is 4.74 Å². The molecule has 0 aromatic heterocycles. The van der Waals surface area contributed by atoms with Crippen LogP contribution in [-0.4, -0.2) is 68.2 Å². The molecule has 9 nitrogen and oxygen atoms in total. The third-order valence-electron chi connectivity index (χ3n) is 6.93. The Morgan fingerprint density at radius 3 is 2.39 bits per heavy atom. The lowest BCUT2D eigenvalue weighted by Crippen LogP contribution is -2.40. The van der Waals surface area contributed by atoms with E-state index in [0.29, 0.717) is 43.0 Å². The molecule has 3 amide bonds. The van der Waals surface area contributed by atoms with E-state index in [-0.39, 0.29) is 23.9 Å². The van der Waals surface area contributed by atoms with Crippen LogP contribution in [0.2, 0.25) is 0 Å². The first-order chi connectivity index (χ1) is 17.4. The van der Waals surface area contributed by atoms with Gasteiger partial charge in [-0.05, 0) is 62.4 Å². The Hall–Kier alpha value is -3.59. The van der Waals surface area contributed by atoms with E-state index >= 15 is 0 Å². The summed E-state index contributed by atoms with van der Waals surface area (Å²) in [5.74, 6) is -0.161. The molecule has 192 valence electrons. The first kappa shape index (κ1) is 25.5. The van der Waals surface area contributed by atoms with Crippen LogP contribution >= 0.6 is 0 Å². The van der Waals surface area contributed by atoms with E-state index in [1.807, 2.05) is 41.3 Å². The molecule has 1 aliphatic carbocycles. The topological polar surface area (TPSA) is 117 Å². The Morgan fingerprint density at radius 1 is 0.917 bits per heavy atom. The van der Waals surface area contributed by atoms with Gasteiger partial charge in [-0.25, -0.2) is 4.79 Å². The molecule has 36 heavy (non-hydrogen) atoms. The highest BCUT2D eigenvalue weighted by atomic mass is 16.5. The third-order valence-corrected chi connectivity index (χ3v) is 6.93. The highest BCUT2D eigenvalue weighted by molar-refractivity contribution is 5.99. The standard InChI is InChI=1S/C27H35N5O4/c1-36-27(35)30-23-18-20(25(33)29-22-11-9-21(28)10-12-22)8-13-24(23)31-14-5-15-32(17-16-31)26(34)19-6-3-2-4-7-19/h2-4,6-8,13,18,21-22H,5,9-12,14-17,28H2,1H3,(H,29,33)(H,30,35). The van der Waals surface area contributed by atoms with Crippen LogP contribution in [0.15, 0.2) is 48.5 Å². The van der Waals surface area contributed by atoms with Gasteiger partial charge in [-0.1, -0.05) is 18.2 Å². The lowest BCUT2D eigenvalue weighted by atomic mass is 9.91. The normalized spacial score (nSPS) is 20.3. The first-order valence-electron chi connectivity index (χ1n) is 12.6. The predicted molar refractivity (Wildman–Crippen MR) is 139 cm³/mol. The van der Waals surface area contributed by atoms with Crippen molar-refractivity contribution in [1.29, 1.82) is 0 Å². The van der Waals surface area contributed by atoms with Crippen molar-refractivity contribution in [2.24, 2.45) is 5.73 Å². The van der Waals surface area contributed by atoms with Crippen molar-refractivity contribution in [2.75, 3.05) is 43.5 Å². The van der Waals surface area contributed by atoms with Gasteiger partial charge >= 0.3 is 6.09 Å². The minimum absolute atomic E-state index is 0.0149. The van der Waals surface area contributed by atoms with Gasteiger partial charge in [-0.2, -0.15) is 0 Å². The second-order valence-electron chi connectivity index (χ2n) is 9.43. The highest BCUT2D eigenvalue weighted by Crippen LogP contribution is 2.29. The first-order valence-corrected chi connectivity index (χ1v) is 12.6. The maximum absolute atomic E-state index is 13.0. The van der Waals surface area contributed by atoms with Gasteiger partial charge in [0.1, 0.15) is 0 Å². The van der Waals surface area contributed by atoms with Crippen LogP contribution in [0, 0.1) is 0 Å². The van der Waals surface area contributed by atoms with E-state index in [2.05, 4.69) is 15.5 Å². The fourth-order valence-corrected chi connectivity index (χ4v) is 4.87. The number of carbonyl (C=O) groups is 3. The highest BCUT2D eigenvalue weighted by Gasteiger charge is 2.24. The zero-order valence-corrected chi connectivity index (χ0v) is 20.7. The number of nitrogens with zero attached hydrogens (tertiary/aromatic N) is 2. The van der Waals surface area contributed by atoms with Crippen LogP contribution in [0.3, 0.4) is 0 Å². The summed E-state index contributed by atoms with van der Waals surface area (Å²) in [7, 11) is 1.30. The number of nitrogens with two attached hydrogens (primary N) is 1. The maximum Gasteiger partial charge on any atom is 0.411 e. The van der Waals surface area contributed by atoms with Gasteiger partial charge in [-0.15, -0.1) is 0 Å². The molecule has 2 aliphatic rings. The monoisotopic (exact) mass is 493 g/mol. The molecule has 0 bridgehead atoms. The molecule has 9 heteroatoms. The average Bonchev–Trinajstić information content (AvgIpc) is 3.16. The summed E-state index contributed by atoms with van der Waals surface area (Å²) in [6.45, 7) is 2.51. The van der Waals surface area contributed by atoms with Gasteiger partial charge in [0.2, 0.25) is 0 Å². The Morgan fingerprint density at radius 2 is 1.67 bits per heavy atom. The van der Waals surface area contributed by atoms with Gasteiger partial charge < -0.3 is 25.6 Å². The second kappa shape index (κ2) is 11.9. The lowest BCUT2D eigenvalue weighted by molar-refractivity contribution is 0.0766. The summed E-state index contributed by atoms with van der Waals surface area (Å²) in [4.78, 5) is 42.0. The average molecular weight is 494 g/mol. The molecule has 1 aliphatic heterocycles. The molecule has 2 fully saturated rings. The number of methoxy groups -OCH3 is 1. The quantitative estimate of drug-likeness (QED) is 0.589. The number of rotatable bonds is 5. The molecule has 2 aromatic carbocycles. The van der Waals surface area contributed by atoms with Crippen LogP contribution in [0.5, 0.6) is 0 Å². The Bertz CT molecular complexity index is 1070. The van der Waals surface area contributed by atoms with E-state index in [9.17, 15) is 14.4 Å². The van der Waals surface area contributed by atoms with Gasteiger partial charge in [-0.3, -0.25) is 14.9 Å². The molecule has 2 aromatic rings. The molecule has 1 heterocycles. The summed E-state index contributed by atoms with van der Waals surface area (Å²) in [6.07, 6.45) is 3.71. The Balaban J connectivity index is 1.48. The van der Waals surface area contributed by atoms with Crippen molar-refractivity contribution in [2.45, 2.75) is 44.2 Å². The van der Waals surface area contributed by atoms with Gasteiger partial charge in [0.05, 0.1) is 18.5 Å². The molecule has 4 N–H and O–H groups in total. The summed E-state index contributed by atoms with van der Waals surface area (Å²) in [5.41, 5.74) is 8.41. The molecule has 0 atom stereocenters. The molecule has 0 unspecified atom stereocenters. The van der Waals surface area contributed by atoms with E-state index in [4.69, 9.17) is 10.5 Å². The maximum atomic E-state index is 13.0. The number of hydrogen-bond acceptors (Lipinski definition) is 6. The number of benzene rings is 2. The molecule has 1 saturated heterocycles. The number of anilines is 2. The third kappa shape index (κ3) is 6.34. The van der Waals surface area contributed by atoms with Gasteiger partial charge in [0.25, 0.3) is 11.8 Å². The summed E-state index contributed by atoms with van der Waals surface area (Å²) >= 11 is 0. The smallest absolute Gasteiger partial charge is 0.411 e. The van der Waals surface area contributed by atoms with Gasteiger partial charge in [0.15, 0.2) is 0 Å². The summed E-state index contributed by atoms with van der Waals surface area (Å²) in [6, 6.07) is 14.9. The number of nitrogens with one attached hydrogen (secondary N) is 2. The molecule has 1 saturated carbocycles. The molecule has 0 radical (unpaired) electrons. The number of hydrogen-bond donors (Lipinski definition) is 3. The van der Waals surface area contributed by atoms with E-state index < -0.39 is 6.09 Å². The fourth-order valence-electron chi connectivity index (χ4n) is 4.87. The fraction of sp³-hybridized carbons (Fsp3) is 0.444. The predicted octanol–water partition coefficient (Wildman–Crippen LogP) is 3.22. The minimum atomic E-state index is -0.606. The summed E-state index contributed by atoms with van der Waals surface area (Å²) < 4.78 is 4.82. The van der Waals surface area contributed by atoms with Crippen LogP contribution in [0.1, 0.15) is 52.8 Å². The molecular formula is C27H35N5O4. The number of carbonyl (C=O) groups excluding carboxylic acids is 3. The molecular weight excluding hydrogens is 458 g/mol. The SMILES string of the molecule is COC(=O)Nc1cc(C(=O)NC2CCC(N)CC2)ccc1N1CCCN(C(=O)c2ccccc2)CC1. The van der Waals surface area contributed by atoms with Crippen LogP contribution in [0.4, 0.5) is 16.2 Å². The van der Waals surface area contributed by atoms with Crippen molar-refractivity contribution < 1.29 is 19.1 Å². The molecule has 4 rings (SSSR count). The zero-order valence-electron chi connectivity index (χ0n) is 20.7. The van der Waals surface area contributed by atoms with Crippen molar-refractivity contribution >= 4 is 29.3 Å². The van der Waals surface area contributed by atoms with Crippen LogP contribution in [0.25, 0.3) is 0 Å². The second-order valence-corrected chi connectivity index (χ2v) is 9.43. The molecule has 0 spiro atoms. The summed E-state index contributed by atoms with van der Waals surface area (Å²) in [5, 5.41) is 5.86. The Labute approximate surface area is 212 Å². The van der Waals surface area contributed by atoms with E-state index in [1.54, 1.807) is 12.1 Å². The minimum Gasteiger partial charge on any atom is -0.453 e. The van der Waals surface area contributed by atoms with Crippen molar-refractivity contribution in [3.63, 3.8) is 0 Å². The van der Waals surface area contributed by atoms with E-state index in [1.165, 1.54) is 7.11 Å². The zero-order chi connectivity index (χ0) is 25.5. The van der Waals surface area contributed by atoms with Crippen molar-refractivity contribution in [3.8, 4) is 0 Å². The lowest BCUT2D eigenvalue weighted by Gasteiger charge is -2.28. The number of amides is 3.